The number of anilines is 1. The van der Waals surface area contributed by atoms with Crippen molar-refractivity contribution in [1.29, 1.82) is 0 Å². The van der Waals surface area contributed by atoms with E-state index < -0.39 is 0 Å². The lowest BCUT2D eigenvalue weighted by Crippen LogP contribution is -2.50. The monoisotopic (exact) mass is 414 g/mol. The third kappa shape index (κ3) is 4.14. The largest absolute Gasteiger partial charge is 0.352 e. The molecule has 4 rings (SSSR count). The first kappa shape index (κ1) is 20.6. The molecule has 1 fully saturated rings. The summed E-state index contributed by atoms with van der Waals surface area (Å²) in [6, 6.07) is 0. The van der Waals surface area contributed by atoms with E-state index in [2.05, 4.69) is 18.7 Å². The highest BCUT2D eigenvalue weighted by Gasteiger charge is 2.29. The molecule has 1 atom stereocenters. The number of carbonyl (C=O) groups excluding carboxylic acids is 1. The summed E-state index contributed by atoms with van der Waals surface area (Å²) in [5.74, 6) is 3.21. The molecule has 0 radical (unpaired) electrons. The van der Waals surface area contributed by atoms with E-state index >= 15 is 0 Å². The molecule has 2 aromatic heterocycles. The molecule has 2 aliphatic rings. The molecule has 3 heterocycles. The quantitative estimate of drug-likeness (QED) is 0.725. The van der Waals surface area contributed by atoms with Crippen LogP contribution < -0.4 is 4.90 Å². The second kappa shape index (κ2) is 8.58. The third-order valence-corrected chi connectivity index (χ3v) is 7.47. The predicted octanol–water partition coefficient (Wildman–Crippen LogP) is 4.46. The number of amides is 1. The van der Waals surface area contributed by atoms with E-state index in [0.717, 1.165) is 69.4 Å². The van der Waals surface area contributed by atoms with Gasteiger partial charge in [0.15, 0.2) is 0 Å². The Morgan fingerprint density at radius 3 is 2.66 bits per heavy atom. The molecule has 0 saturated carbocycles. The summed E-state index contributed by atoms with van der Waals surface area (Å²) >= 11 is 1.90. The van der Waals surface area contributed by atoms with Crippen LogP contribution >= 0.6 is 11.3 Å². The molecule has 6 heteroatoms. The summed E-state index contributed by atoms with van der Waals surface area (Å²) in [4.78, 5) is 29.6. The van der Waals surface area contributed by atoms with Gasteiger partial charge in [-0.3, -0.25) is 4.79 Å². The fraction of sp³-hybridized carbons (Fsp3) is 0.696. The van der Waals surface area contributed by atoms with Crippen molar-refractivity contribution < 1.29 is 4.79 Å². The normalized spacial score (nSPS) is 19.8. The molecule has 158 valence electrons. The van der Waals surface area contributed by atoms with Crippen LogP contribution in [-0.2, 0) is 24.1 Å². The van der Waals surface area contributed by atoms with Crippen LogP contribution in [0.15, 0.2) is 0 Å². The standard InChI is InChI=1S/C23H34N4OS/c1-5-6-7-19-24-21(26-10-12-27(13-11-26)23(28)15(2)3)20-17-9-8-16(4)14-18(17)29-22(20)25-19/h15-16H,5-14H2,1-4H3. The van der Waals surface area contributed by atoms with Crippen molar-refractivity contribution in [3.05, 3.63) is 16.3 Å². The maximum atomic E-state index is 12.4. The second-order valence-electron chi connectivity index (χ2n) is 9.07. The number of aryl methyl sites for hydroxylation is 2. The highest BCUT2D eigenvalue weighted by molar-refractivity contribution is 7.19. The Morgan fingerprint density at radius 1 is 1.21 bits per heavy atom. The highest BCUT2D eigenvalue weighted by Crippen LogP contribution is 2.41. The number of fused-ring (bicyclic) bond motifs is 3. The molecule has 0 bridgehead atoms. The number of unbranched alkanes of at least 4 members (excludes halogenated alkanes) is 1. The fourth-order valence-electron chi connectivity index (χ4n) is 4.55. The van der Waals surface area contributed by atoms with Crippen molar-refractivity contribution in [3.63, 3.8) is 0 Å². The predicted molar refractivity (Wildman–Crippen MR) is 121 cm³/mol. The SMILES string of the molecule is CCCCc1nc(N2CCN(C(=O)C(C)C)CC2)c2c3c(sc2n1)CC(C)CC3. The molecule has 1 aliphatic carbocycles. The van der Waals surface area contributed by atoms with Crippen LogP contribution in [0.1, 0.15) is 63.2 Å². The van der Waals surface area contributed by atoms with Crippen LogP contribution in [0, 0.1) is 11.8 Å². The molecule has 5 nitrogen and oxygen atoms in total. The number of hydrogen-bond donors (Lipinski definition) is 0. The molecule has 0 spiro atoms. The smallest absolute Gasteiger partial charge is 0.225 e. The average molecular weight is 415 g/mol. The van der Waals surface area contributed by atoms with Gasteiger partial charge in [-0.25, -0.2) is 9.97 Å². The molecule has 1 amide bonds. The molecular weight excluding hydrogens is 380 g/mol. The van der Waals surface area contributed by atoms with Gasteiger partial charge in [-0.2, -0.15) is 0 Å². The number of hydrogen-bond acceptors (Lipinski definition) is 5. The first-order valence-corrected chi connectivity index (χ1v) is 12.1. The number of rotatable bonds is 5. The summed E-state index contributed by atoms with van der Waals surface area (Å²) in [5.41, 5.74) is 1.50. The first-order chi connectivity index (χ1) is 14.0. The van der Waals surface area contributed by atoms with Crippen molar-refractivity contribution in [2.24, 2.45) is 11.8 Å². The molecule has 1 unspecified atom stereocenters. The molecule has 0 N–H and O–H groups in total. The van der Waals surface area contributed by atoms with Gasteiger partial charge in [0.1, 0.15) is 16.5 Å². The maximum Gasteiger partial charge on any atom is 0.225 e. The van der Waals surface area contributed by atoms with Crippen molar-refractivity contribution in [1.82, 2.24) is 14.9 Å². The van der Waals surface area contributed by atoms with Gasteiger partial charge in [0.05, 0.1) is 5.39 Å². The topological polar surface area (TPSA) is 49.3 Å². The lowest BCUT2D eigenvalue weighted by molar-refractivity contribution is -0.134. The van der Waals surface area contributed by atoms with Gasteiger partial charge in [0, 0.05) is 43.4 Å². The summed E-state index contributed by atoms with van der Waals surface area (Å²) in [7, 11) is 0. The van der Waals surface area contributed by atoms with Crippen molar-refractivity contribution in [3.8, 4) is 0 Å². The van der Waals surface area contributed by atoms with Gasteiger partial charge in [0.25, 0.3) is 0 Å². The average Bonchev–Trinajstić information content (AvgIpc) is 3.08. The zero-order chi connectivity index (χ0) is 20.5. The summed E-state index contributed by atoms with van der Waals surface area (Å²) in [6.45, 7) is 11.8. The second-order valence-corrected chi connectivity index (χ2v) is 10.1. The molecule has 0 aromatic carbocycles. The Kier molecular flexibility index (Phi) is 6.09. The highest BCUT2D eigenvalue weighted by atomic mass is 32.1. The number of aromatic nitrogens is 2. The van der Waals surface area contributed by atoms with E-state index in [9.17, 15) is 4.79 Å². The van der Waals surface area contributed by atoms with Crippen molar-refractivity contribution >= 4 is 33.3 Å². The third-order valence-electron chi connectivity index (χ3n) is 6.32. The van der Waals surface area contributed by atoms with E-state index in [1.54, 1.807) is 0 Å². The number of nitrogens with zero attached hydrogens (tertiary/aromatic N) is 4. The summed E-state index contributed by atoms with van der Waals surface area (Å²) in [5, 5.41) is 1.31. The fourth-order valence-corrected chi connectivity index (χ4v) is 5.94. The van der Waals surface area contributed by atoms with Gasteiger partial charge < -0.3 is 9.80 Å². The number of piperazine rings is 1. The zero-order valence-electron chi connectivity index (χ0n) is 18.3. The van der Waals surface area contributed by atoms with Gasteiger partial charge >= 0.3 is 0 Å². The van der Waals surface area contributed by atoms with Crippen molar-refractivity contribution in [2.45, 2.75) is 66.2 Å². The van der Waals surface area contributed by atoms with Crippen LogP contribution in [-0.4, -0.2) is 47.0 Å². The van der Waals surface area contributed by atoms with E-state index in [-0.39, 0.29) is 11.8 Å². The minimum atomic E-state index is 0.0684. The number of carbonyl (C=O) groups is 1. The Balaban J connectivity index is 1.67. The van der Waals surface area contributed by atoms with Crippen LogP contribution in [0.5, 0.6) is 0 Å². The van der Waals surface area contributed by atoms with Crippen LogP contribution in [0.25, 0.3) is 10.2 Å². The van der Waals surface area contributed by atoms with Crippen molar-refractivity contribution in [2.75, 3.05) is 31.1 Å². The lowest BCUT2D eigenvalue weighted by atomic mass is 9.89. The zero-order valence-corrected chi connectivity index (χ0v) is 19.1. The Morgan fingerprint density at radius 2 is 1.97 bits per heavy atom. The van der Waals surface area contributed by atoms with Crippen LogP contribution in [0.2, 0.25) is 0 Å². The van der Waals surface area contributed by atoms with E-state index in [0.29, 0.717) is 0 Å². The summed E-state index contributed by atoms with van der Waals surface area (Å²) in [6.07, 6.45) is 6.81. The Hall–Kier alpha value is -1.69. The van der Waals surface area contributed by atoms with Crippen LogP contribution in [0.3, 0.4) is 0 Å². The Labute approximate surface area is 178 Å². The molecule has 2 aromatic rings. The number of thiophene rings is 1. The molecular formula is C23H34N4OS. The first-order valence-electron chi connectivity index (χ1n) is 11.3. The van der Waals surface area contributed by atoms with Gasteiger partial charge in [0.2, 0.25) is 5.91 Å². The van der Waals surface area contributed by atoms with Gasteiger partial charge in [-0.1, -0.05) is 34.1 Å². The molecule has 1 aliphatic heterocycles. The molecule has 1 saturated heterocycles. The molecule has 29 heavy (non-hydrogen) atoms. The van der Waals surface area contributed by atoms with Gasteiger partial charge in [-0.05, 0) is 37.2 Å². The minimum Gasteiger partial charge on any atom is -0.352 e. The lowest BCUT2D eigenvalue weighted by Gasteiger charge is -2.36. The summed E-state index contributed by atoms with van der Waals surface area (Å²) < 4.78 is 0. The van der Waals surface area contributed by atoms with E-state index in [1.807, 2.05) is 30.1 Å². The maximum absolute atomic E-state index is 12.4. The van der Waals surface area contributed by atoms with E-state index in [4.69, 9.17) is 9.97 Å². The van der Waals surface area contributed by atoms with E-state index in [1.165, 1.54) is 33.5 Å². The van der Waals surface area contributed by atoms with Gasteiger partial charge in [-0.15, -0.1) is 11.3 Å². The Bertz CT molecular complexity index is 883. The van der Waals surface area contributed by atoms with Crippen LogP contribution in [0.4, 0.5) is 5.82 Å². The minimum absolute atomic E-state index is 0.0684.